The van der Waals surface area contributed by atoms with Crippen molar-refractivity contribution in [2.45, 2.75) is 40.0 Å². The fourth-order valence-electron chi connectivity index (χ4n) is 2.87. The fourth-order valence-corrected chi connectivity index (χ4v) is 2.87. The number of rotatable bonds is 5. The minimum Gasteiger partial charge on any atom is -0.205 e. The Morgan fingerprint density at radius 1 is 1.00 bits per heavy atom. The smallest absolute Gasteiger partial charge is 0.185 e. The first kappa shape index (κ1) is 17.2. The lowest BCUT2D eigenvalue weighted by Gasteiger charge is -2.11. The summed E-state index contributed by atoms with van der Waals surface area (Å²) >= 11 is 0. The molecular formula is C22H28N+. The Kier molecular flexibility index (Phi) is 5.92. The van der Waals surface area contributed by atoms with E-state index < -0.39 is 0 Å². The van der Waals surface area contributed by atoms with Gasteiger partial charge in [0.15, 0.2) is 11.9 Å². The summed E-state index contributed by atoms with van der Waals surface area (Å²) in [5.74, 6) is 0.526. The average molecular weight is 306 g/mol. The predicted octanol–water partition coefficient (Wildman–Crippen LogP) is 5.71. The standard InChI is InChI=1S/C22H28N/c1-6-19(20-12-8-7-9-13-20)16-23(5)18(4)22-15-11-10-14-21(22)17(2)3/h7-17H,6H2,1-5H3/q+1/b19-16+,23-18?. The molecule has 120 valence electrons. The molecule has 0 saturated heterocycles. The lowest BCUT2D eigenvalue weighted by molar-refractivity contribution is -0.421. The Balaban J connectivity index is 2.46. The van der Waals surface area contributed by atoms with E-state index in [1.165, 1.54) is 28.0 Å². The van der Waals surface area contributed by atoms with Crippen LogP contribution in [0.4, 0.5) is 0 Å². The van der Waals surface area contributed by atoms with Crippen molar-refractivity contribution in [2.24, 2.45) is 0 Å². The number of allylic oxidation sites excluding steroid dienone is 1. The van der Waals surface area contributed by atoms with Crippen molar-refractivity contribution in [1.29, 1.82) is 0 Å². The van der Waals surface area contributed by atoms with Crippen LogP contribution in [0.5, 0.6) is 0 Å². The Labute approximate surface area is 141 Å². The van der Waals surface area contributed by atoms with E-state index >= 15 is 0 Å². The van der Waals surface area contributed by atoms with Gasteiger partial charge in [-0.05, 0) is 29.5 Å². The highest BCUT2D eigenvalue weighted by molar-refractivity contribution is 5.96. The Bertz CT molecular complexity index is 706. The van der Waals surface area contributed by atoms with Gasteiger partial charge in [-0.15, -0.1) is 0 Å². The van der Waals surface area contributed by atoms with Crippen molar-refractivity contribution in [3.8, 4) is 0 Å². The van der Waals surface area contributed by atoms with Gasteiger partial charge in [-0.1, -0.05) is 69.3 Å². The first-order valence-electron chi connectivity index (χ1n) is 8.46. The molecule has 0 aliphatic heterocycles. The van der Waals surface area contributed by atoms with Gasteiger partial charge in [0.1, 0.15) is 7.05 Å². The molecule has 0 aliphatic rings. The molecule has 0 unspecified atom stereocenters. The molecule has 1 heteroatoms. The molecule has 0 fully saturated rings. The molecule has 2 rings (SSSR count). The molecule has 0 bridgehead atoms. The summed E-state index contributed by atoms with van der Waals surface area (Å²) < 4.78 is 2.26. The van der Waals surface area contributed by atoms with E-state index in [0.717, 1.165) is 6.42 Å². The van der Waals surface area contributed by atoms with E-state index in [-0.39, 0.29) is 0 Å². The summed E-state index contributed by atoms with van der Waals surface area (Å²) in [5.41, 5.74) is 6.69. The summed E-state index contributed by atoms with van der Waals surface area (Å²) in [5, 5.41) is 0. The van der Waals surface area contributed by atoms with Gasteiger partial charge < -0.3 is 0 Å². The normalized spacial score (nSPS) is 13.2. The van der Waals surface area contributed by atoms with Gasteiger partial charge in [0.2, 0.25) is 0 Å². The zero-order valence-electron chi connectivity index (χ0n) is 15.0. The zero-order valence-corrected chi connectivity index (χ0v) is 15.0. The third-order valence-corrected chi connectivity index (χ3v) is 4.38. The molecule has 2 aromatic rings. The molecule has 1 nitrogen and oxygen atoms in total. The van der Waals surface area contributed by atoms with Gasteiger partial charge in [-0.25, -0.2) is 4.58 Å². The van der Waals surface area contributed by atoms with Crippen LogP contribution < -0.4 is 0 Å². The number of nitrogens with zero attached hydrogens (tertiary/aromatic N) is 1. The van der Waals surface area contributed by atoms with Crippen LogP contribution in [-0.4, -0.2) is 17.3 Å². The molecule has 0 N–H and O–H groups in total. The topological polar surface area (TPSA) is 3.01 Å². The van der Waals surface area contributed by atoms with Gasteiger partial charge in [-0.3, -0.25) is 0 Å². The van der Waals surface area contributed by atoms with Crippen molar-refractivity contribution < 1.29 is 4.58 Å². The molecule has 0 saturated carbocycles. The molecule has 23 heavy (non-hydrogen) atoms. The number of benzene rings is 2. The molecule has 0 heterocycles. The van der Waals surface area contributed by atoms with E-state index in [9.17, 15) is 0 Å². The quantitative estimate of drug-likeness (QED) is 0.491. The number of hydrogen-bond acceptors (Lipinski definition) is 0. The van der Waals surface area contributed by atoms with Gasteiger partial charge in [0.25, 0.3) is 0 Å². The maximum atomic E-state index is 2.27. The Hall–Kier alpha value is -2.15. The Morgan fingerprint density at radius 2 is 1.61 bits per heavy atom. The van der Waals surface area contributed by atoms with E-state index in [1.54, 1.807) is 0 Å². The predicted molar refractivity (Wildman–Crippen MR) is 101 cm³/mol. The van der Waals surface area contributed by atoms with Crippen molar-refractivity contribution >= 4 is 11.3 Å². The maximum Gasteiger partial charge on any atom is 0.185 e. The summed E-state index contributed by atoms with van der Waals surface area (Å²) in [4.78, 5) is 0. The van der Waals surface area contributed by atoms with Gasteiger partial charge >= 0.3 is 0 Å². The highest BCUT2D eigenvalue weighted by Gasteiger charge is 2.14. The summed E-state index contributed by atoms with van der Waals surface area (Å²) in [6.45, 7) is 8.92. The molecule has 0 aromatic heterocycles. The van der Waals surface area contributed by atoms with Crippen molar-refractivity contribution in [3.05, 3.63) is 77.5 Å². The average Bonchev–Trinajstić information content (AvgIpc) is 2.59. The van der Waals surface area contributed by atoms with E-state index in [0.29, 0.717) is 5.92 Å². The highest BCUT2D eigenvalue weighted by Crippen LogP contribution is 2.21. The second kappa shape index (κ2) is 7.92. The Morgan fingerprint density at radius 3 is 2.22 bits per heavy atom. The third-order valence-electron chi connectivity index (χ3n) is 4.38. The van der Waals surface area contributed by atoms with Crippen LogP contribution in [-0.2, 0) is 0 Å². The van der Waals surface area contributed by atoms with Crippen LogP contribution >= 0.6 is 0 Å². The summed E-state index contributed by atoms with van der Waals surface area (Å²) in [7, 11) is 2.14. The lowest BCUT2D eigenvalue weighted by Crippen LogP contribution is -2.13. The second-order valence-corrected chi connectivity index (χ2v) is 6.31. The summed E-state index contributed by atoms with van der Waals surface area (Å²) in [6, 6.07) is 19.3. The molecule has 2 aromatic carbocycles. The number of hydrogen-bond donors (Lipinski definition) is 0. The molecule has 0 aliphatic carbocycles. The van der Waals surface area contributed by atoms with Crippen molar-refractivity contribution in [3.63, 3.8) is 0 Å². The first-order valence-corrected chi connectivity index (χ1v) is 8.46. The molecule has 0 radical (unpaired) electrons. The molecule has 0 atom stereocenters. The van der Waals surface area contributed by atoms with Gasteiger partial charge in [-0.2, -0.15) is 0 Å². The van der Waals surface area contributed by atoms with E-state index in [2.05, 4.69) is 100 Å². The first-order chi connectivity index (χ1) is 11.0. The van der Waals surface area contributed by atoms with E-state index in [4.69, 9.17) is 0 Å². The second-order valence-electron chi connectivity index (χ2n) is 6.31. The highest BCUT2D eigenvalue weighted by atomic mass is 14.9. The lowest BCUT2D eigenvalue weighted by atomic mass is 9.95. The van der Waals surface area contributed by atoms with Crippen LogP contribution in [0.15, 0.2) is 60.8 Å². The van der Waals surface area contributed by atoms with E-state index in [1.807, 2.05) is 0 Å². The minimum atomic E-state index is 0.526. The van der Waals surface area contributed by atoms with Crippen molar-refractivity contribution in [2.75, 3.05) is 7.05 Å². The zero-order chi connectivity index (χ0) is 16.8. The SMILES string of the molecule is CC/C(=C\[N+](C)=C(C)c1ccccc1C(C)C)c1ccccc1. The van der Waals surface area contributed by atoms with Crippen LogP contribution in [0.2, 0.25) is 0 Å². The fraction of sp³-hybridized carbons (Fsp3) is 0.318. The maximum absolute atomic E-state index is 2.27. The van der Waals surface area contributed by atoms with Crippen LogP contribution in [0, 0.1) is 0 Å². The van der Waals surface area contributed by atoms with Crippen molar-refractivity contribution in [1.82, 2.24) is 0 Å². The third kappa shape index (κ3) is 4.19. The monoisotopic (exact) mass is 306 g/mol. The molecule has 0 spiro atoms. The van der Waals surface area contributed by atoms with Crippen LogP contribution in [0.25, 0.3) is 5.57 Å². The largest absolute Gasteiger partial charge is 0.205 e. The molecule has 0 amide bonds. The molecular weight excluding hydrogens is 278 g/mol. The minimum absolute atomic E-state index is 0.526. The van der Waals surface area contributed by atoms with Crippen LogP contribution in [0.1, 0.15) is 56.7 Å². The van der Waals surface area contributed by atoms with Crippen LogP contribution in [0.3, 0.4) is 0 Å². The summed E-state index contributed by atoms with van der Waals surface area (Å²) in [6.07, 6.45) is 3.29. The van der Waals surface area contributed by atoms with Gasteiger partial charge in [0.05, 0.1) is 0 Å². The van der Waals surface area contributed by atoms with Gasteiger partial charge in [0, 0.05) is 18.1 Å².